The number of benzene rings is 1. The van der Waals surface area contributed by atoms with Crippen LogP contribution in [0.15, 0.2) is 28.8 Å². The molecule has 2 heterocycles. The van der Waals surface area contributed by atoms with Gasteiger partial charge in [0, 0.05) is 7.05 Å². The molecule has 26 heavy (non-hydrogen) atoms. The van der Waals surface area contributed by atoms with Crippen LogP contribution in [-0.2, 0) is 22.5 Å². The first-order valence-electron chi connectivity index (χ1n) is 8.20. The van der Waals surface area contributed by atoms with Crippen molar-refractivity contribution in [3.8, 4) is 0 Å². The molecule has 3 aromatic rings. The molecule has 0 radical (unpaired) electrons. The van der Waals surface area contributed by atoms with Crippen molar-refractivity contribution in [3.63, 3.8) is 0 Å². The molecule has 3 rings (SSSR count). The van der Waals surface area contributed by atoms with Crippen LogP contribution < -0.4 is 0 Å². The third kappa shape index (κ3) is 3.75. The highest BCUT2D eigenvalue weighted by Gasteiger charge is 2.22. The highest BCUT2D eigenvalue weighted by Crippen LogP contribution is 2.22. The zero-order valence-electron chi connectivity index (χ0n) is 14.8. The molecule has 0 spiro atoms. The summed E-state index contributed by atoms with van der Waals surface area (Å²) in [6.45, 7) is 3.53. The van der Waals surface area contributed by atoms with Crippen LogP contribution in [0.4, 0.5) is 0 Å². The second kappa shape index (κ2) is 7.65. The van der Waals surface area contributed by atoms with Crippen molar-refractivity contribution in [1.82, 2.24) is 15.0 Å². The molecule has 0 bridgehead atoms. The highest BCUT2D eigenvalue weighted by molar-refractivity contribution is 7.18. The summed E-state index contributed by atoms with van der Waals surface area (Å²) in [5.74, 6) is -0.505. The summed E-state index contributed by atoms with van der Waals surface area (Å²) in [6.07, 6.45) is 0.549. The van der Waals surface area contributed by atoms with E-state index in [4.69, 9.17) is 9.26 Å². The number of nitrogens with zero attached hydrogens (tertiary/aromatic N) is 3. The fraction of sp³-hybridized carbons (Fsp3) is 0.333. The van der Waals surface area contributed by atoms with Gasteiger partial charge in [-0.1, -0.05) is 24.2 Å². The van der Waals surface area contributed by atoms with Gasteiger partial charge in [-0.25, -0.2) is 9.78 Å². The van der Waals surface area contributed by atoms with Gasteiger partial charge in [0.25, 0.3) is 5.91 Å². The van der Waals surface area contributed by atoms with E-state index in [1.807, 2.05) is 31.2 Å². The van der Waals surface area contributed by atoms with Gasteiger partial charge in [-0.15, -0.1) is 11.3 Å². The molecule has 1 aromatic carbocycles. The number of rotatable bonds is 6. The van der Waals surface area contributed by atoms with E-state index < -0.39 is 5.97 Å². The molecule has 7 nitrogen and oxygen atoms in total. The molecule has 0 saturated carbocycles. The van der Waals surface area contributed by atoms with Crippen LogP contribution in [0.2, 0.25) is 0 Å². The number of esters is 1. The van der Waals surface area contributed by atoms with Crippen LogP contribution in [0.5, 0.6) is 0 Å². The number of hydrogen-bond acceptors (Lipinski definition) is 7. The molecular weight excluding hydrogens is 354 g/mol. The Hall–Kier alpha value is -2.74. The van der Waals surface area contributed by atoms with Gasteiger partial charge in [0.15, 0.2) is 6.61 Å². The lowest BCUT2D eigenvalue weighted by molar-refractivity contribution is -0.133. The molecular formula is C18H19N3O4S. The smallest absolute Gasteiger partial charge is 0.344 e. The van der Waals surface area contributed by atoms with E-state index in [1.165, 1.54) is 16.2 Å². The summed E-state index contributed by atoms with van der Waals surface area (Å²) >= 11 is 1.54. The van der Waals surface area contributed by atoms with Gasteiger partial charge in [0.05, 0.1) is 22.5 Å². The SMILES string of the molecule is CCc1noc(C)c1C(=O)OCC(=O)N(C)Cc1nc2ccccc2s1. The molecule has 0 aliphatic carbocycles. The number of carbonyl (C=O) groups excluding carboxylic acids is 2. The molecule has 0 fully saturated rings. The maximum absolute atomic E-state index is 12.3. The summed E-state index contributed by atoms with van der Waals surface area (Å²) in [5.41, 5.74) is 1.74. The number of thiazole rings is 1. The Morgan fingerprint density at radius 3 is 2.81 bits per heavy atom. The zero-order valence-corrected chi connectivity index (χ0v) is 15.6. The lowest BCUT2D eigenvalue weighted by Gasteiger charge is -2.15. The van der Waals surface area contributed by atoms with Crippen molar-refractivity contribution in [1.29, 1.82) is 0 Å². The van der Waals surface area contributed by atoms with Crippen molar-refractivity contribution in [2.45, 2.75) is 26.8 Å². The lowest BCUT2D eigenvalue weighted by Crippen LogP contribution is -2.31. The summed E-state index contributed by atoms with van der Waals surface area (Å²) in [6, 6.07) is 7.81. The second-order valence-electron chi connectivity index (χ2n) is 5.82. The fourth-order valence-electron chi connectivity index (χ4n) is 2.51. The molecule has 0 aliphatic rings. The van der Waals surface area contributed by atoms with Crippen LogP contribution >= 0.6 is 11.3 Å². The van der Waals surface area contributed by atoms with E-state index in [0.717, 1.165) is 15.2 Å². The van der Waals surface area contributed by atoms with E-state index in [0.29, 0.717) is 30.0 Å². The molecule has 0 atom stereocenters. The molecule has 0 aliphatic heterocycles. The van der Waals surface area contributed by atoms with E-state index in [-0.39, 0.29) is 12.5 Å². The average Bonchev–Trinajstić information content (AvgIpc) is 3.21. The maximum Gasteiger partial charge on any atom is 0.344 e. The first-order chi connectivity index (χ1) is 12.5. The van der Waals surface area contributed by atoms with Crippen LogP contribution in [0.25, 0.3) is 10.2 Å². The summed E-state index contributed by atoms with van der Waals surface area (Å²) < 4.78 is 11.2. The van der Waals surface area contributed by atoms with E-state index in [1.54, 1.807) is 14.0 Å². The molecule has 8 heteroatoms. The normalized spacial score (nSPS) is 10.9. The van der Waals surface area contributed by atoms with Gasteiger partial charge >= 0.3 is 5.97 Å². The van der Waals surface area contributed by atoms with Crippen LogP contribution in [0, 0.1) is 6.92 Å². The highest BCUT2D eigenvalue weighted by atomic mass is 32.1. The van der Waals surface area contributed by atoms with Gasteiger partial charge in [-0.05, 0) is 25.5 Å². The Kier molecular flexibility index (Phi) is 5.32. The number of aromatic nitrogens is 2. The lowest BCUT2D eigenvalue weighted by atomic mass is 10.1. The fourth-order valence-corrected chi connectivity index (χ4v) is 3.53. The monoisotopic (exact) mass is 373 g/mol. The number of hydrogen-bond donors (Lipinski definition) is 0. The molecule has 2 aromatic heterocycles. The Bertz CT molecular complexity index is 914. The molecule has 136 valence electrons. The predicted molar refractivity (Wildman–Crippen MR) is 97.0 cm³/mol. The minimum absolute atomic E-state index is 0.300. The number of para-hydroxylation sites is 1. The first-order valence-corrected chi connectivity index (χ1v) is 9.02. The Labute approximate surface area is 154 Å². The number of amides is 1. The summed E-state index contributed by atoms with van der Waals surface area (Å²) in [7, 11) is 1.66. The predicted octanol–water partition coefficient (Wildman–Crippen LogP) is 2.97. The van der Waals surface area contributed by atoms with Crippen molar-refractivity contribution in [3.05, 3.63) is 46.3 Å². The quantitative estimate of drug-likeness (QED) is 0.618. The maximum atomic E-state index is 12.3. The van der Waals surface area contributed by atoms with Crippen molar-refractivity contribution in [2.24, 2.45) is 0 Å². The number of fused-ring (bicyclic) bond motifs is 1. The third-order valence-corrected chi connectivity index (χ3v) is 4.96. The average molecular weight is 373 g/mol. The number of ether oxygens (including phenoxy) is 1. The summed E-state index contributed by atoms with van der Waals surface area (Å²) in [4.78, 5) is 30.5. The standard InChI is InChI=1S/C18H19N3O4S/c1-4-12-17(11(2)25-20-12)18(23)24-10-16(22)21(3)9-15-19-13-7-5-6-8-14(13)26-15/h5-8H,4,9-10H2,1-3H3. The topological polar surface area (TPSA) is 85.5 Å². The van der Waals surface area contributed by atoms with Gasteiger partial charge in [-0.3, -0.25) is 4.79 Å². The van der Waals surface area contributed by atoms with E-state index in [9.17, 15) is 9.59 Å². The first kappa shape index (κ1) is 18.1. The Balaban J connectivity index is 1.58. The number of likely N-dealkylation sites (N-methyl/N-ethyl adjacent to an activating group) is 1. The van der Waals surface area contributed by atoms with Crippen LogP contribution in [0.1, 0.15) is 33.7 Å². The van der Waals surface area contributed by atoms with E-state index >= 15 is 0 Å². The van der Waals surface area contributed by atoms with Gasteiger partial charge < -0.3 is 14.2 Å². The molecule has 0 saturated heterocycles. The minimum Gasteiger partial charge on any atom is -0.452 e. The number of aryl methyl sites for hydroxylation is 2. The molecule has 0 unspecified atom stereocenters. The van der Waals surface area contributed by atoms with E-state index in [2.05, 4.69) is 10.1 Å². The largest absolute Gasteiger partial charge is 0.452 e. The van der Waals surface area contributed by atoms with Crippen molar-refractivity contribution >= 4 is 33.4 Å². The molecule has 1 amide bonds. The Morgan fingerprint density at radius 1 is 1.31 bits per heavy atom. The van der Waals surface area contributed by atoms with Gasteiger partial charge in [0.2, 0.25) is 0 Å². The zero-order chi connectivity index (χ0) is 18.7. The number of carbonyl (C=O) groups is 2. The minimum atomic E-state index is -0.595. The molecule has 0 N–H and O–H groups in total. The van der Waals surface area contributed by atoms with Crippen LogP contribution in [-0.4, -0.2) is 40.6 Å². The van der Waals surface area contributed by atoms with Crippen molar-refractivity contribution < 1.29 is 18.8 Å². The summed E-state index contributed by atoms with van der Waals surface area (Å²) in [5, 5.41) is 4.65. The Morgan fingerprint density at radius 2 is 2.08 bits per heavy atom. The third-order valence-electron chi connectivity index (χ3n) is 3.94. The van der Waals surface area contributed by atoms with Gasteiger partial charge in [0.1, 0.15) is 16.3 Å². The van der Waals surface area contributed by atoms with Crippen LogP contribution in [0.3, 0.4) is 0 Å². The second-order valence-corrected chi connectivity index (χ2v) is 6.93. The van der Waals surface area contributed by atoms with Crippen molar-refractivity contribution in [2.75, 3.05) is 13.7 Å². The van der Waals surface area contributed by atoms with Gasteiger partial charge in [-0.2, -0.15) is 0 Å².